The van der Waals surface area contributed by atoms with Gasteiger partial charge >= 0.3 is 12.2 Å². The quantitative estimate of drug-likeness (QED) is 0.735. The van der Waals surface area contributed by atoms with Gasteiger partial charge in [0.2, 0.25) is 0 Å². The molecule has 2 heterocycles. The summed E-state index contributed by atoms with van der Waals surface area (Å²) in [6, 6.07) is 11.9. The van der Waals surface area contributed by atoms with Gasteiger partial charge in [0, 0.05) is 44.3 Å². The summed E-state index contributed by atoms with van der Waals surface area (Å²) in [6.45, 7) is 8.66. The van der Waals surface area contributed by atoms with Gasteiger partial charge in [0.05, 0.1) is 11.9 Å². The predicted octanol–water partition coefficient (Wildman–Crippen LogP) is 3.92. The number of carbonyl (C=O) groups is 2. The number of aryl methyl sites for hydroxylation is 1. The zero-order valence-electron chi connectivity index (χ0n) is 20.3. The molecule has 1 saturated heterocycles. The summed E-state index contributed by atoms with van der Waals surface area (Å²) < 4.78 is 10.8. The summed E-state index contributed by atoms with van der Waals surface area (Å²) in [4.78, 5) is 33.3. The number of nitrogens with zero attached hydrogens (tertiary/aromatic N) is 3. The minimum Gasteiger partial charge on any atom is -0.445 e. The first-order chi connectivity index (χ1) is 16.3. The third-order valence-corrected chi connectivity index (χ3v) is 6.08. The van der Waals surface area contributed by atoms with Gasteiger partial charge in [-0.1, -0.05) is 30.3 Å². The van der Waals surface area contributed by atoms with Crippen LogP contribution >= 0.6 is 0 Å². The van der Waals surface area contributed by atoms with Crippen LogP contribution < -0.4 is 10.2 Å². The Labute approximate surface area is 201 Å². The van der Waals surface area contributed by atoms with Crippen molar-refractivity contribution >= 4 is 17.9 Å². The number of fused-ring (bicyclic) bond motifs is 1. The standard InChI is InChI=1S/C26H34N4O4/c1-26(2,3)34-25(32)30-13-11-29(12-14-30)22-15-20-9-10-21(16-23(20)27-17-22)28-24(31)33-18-19-7-5-4-6-8-19/h4-8,15,17,21H,9-14,16,18H2,1-3H3,(H,28,31). The SMILES string of the molecule is CC(C)(C)OC(=O)N1CCN(c2cnc3c(c2)CCC(NC(=O)OCc2ccccc2)C3)CC1. The number of alkyl carbamates (subject to hydrolysis) is 1. The molecule has 0 radical (unpaired) electrons. The lowest BCUT2D eigenvalue weighted by atomic mass is 9.92. The Bertz CT molecular complexity index is 998. The molecule has 8 nitrogen and oxygen atoms in total. The van der Waals surface area contributed by atoms with Crippen LogP contribution in [0, 0.1) is 0 Å². The monoisotopic (exact) mass is 466 g/mol. The third kappa shape index (κ3) is 6.40. The molecule has 1 unspecified atom stereocenters. The molecule has 2 amide bonds. The topological polar surface area (TPSA) is 84.0 Å². The van der Waals surface area contributed by atoms with Gasteiger partial charge in [-0.05, 0) is 50.8 Å². The fourth-order valence-corrected chi connectivity index (χ4v) is 4.29. The number of hydrogen-bond acceptors (Lipinski definition) is 6. The number of aromatic nitrogens is 1. The Morgan fingerprint density at radius 1 is 1.12 bits per heavy atom. The van der Waals surface area contributed by atoms with Crippen molar-refractivity contribution in [2.24, 2.45) is 0 Å². The molecule has 1 fully saturated rings. The van der Waals surface area contributed by atoms with E-state index in [4.69, 9.17) is 14.5 Å². The summed E-state index contributed by atoms with van der Waals surface area (Å²) in [7, 11) is 0. The lowest BCUT2D eigenvalue weighted by Crippen LogP contribution is -2.50. The van der Waals surface area contributed by atoms with Crippen molar-refractivity contribution in [3.63, 3.8) is 0 Å². The first-order valence-corrected chi connectivity index (χ1v) is 11.9. The van der Waals surface area contributed by atoms with Gasteiger partial charge in [-0.15, -0.1) is 0 Å². The van der Waals surface area contributed by atoms with Crippen LogP contribution in [0.3, 0.4) is 0 Å². The van der Waals surface area contributed by atoms with E-state index in [-0.39, 0.29) is 18.7 Å². The Morgan fingerprint density at radius 3 is 2.56 bits per heavy atom. The van der Waals surface area contributed by atoms with Crippen LogP contribution in [0.5, 0.6) is 0 Å². The minimum atomic E-state index is -0.484. The van der Waals surface area contributed by atoms with E-state index in [0.29, 0.717) is 19.5 Å². The second-order valence-electron chi connectivity index (χ2n) is 9.90. The number of benzene rings is 1. The Morgan fingerprint density at radius 2 is 1.85 bits per heavy atom. The second kappa shape index (κ2) is 10.3. The smallest absolute Gasteiger partial charge is 0.410 e. The zero-order valence-corrected chi connectivity index (χ0v) is 20.3. The molecule has 1 aromatic carbocycles. The largest absolute Gasteiger partial charge is 0.445 e. The molecule has 1 aliphatic carbocycles. The van der Waals surface area contributed by atoms with Crippen molar-refractivity contribution in [2.75, 3.05) is 31.1 Å². The predicted molar refractivity (Wildman–Crippen MR) is 130 cm³/mol. The molecule has 8 heteroatoms. The van der Waals surface area contributed by atoms with E-state index in [1.807, 2.05) is 57.3 Å². The molecule has 0 spiro atoms. The van der Waals surface area contributed by atoms with Gasteiger partial charge < -0.3 is 24.6 Å². The lowest BCUT2D eigenvalue weighted by molar-refractivity contribution is 0.0240. The highest BCUT2D eigenvalue weighted by atomic mass is 16.6. The van der Waals surface area contributed by atoms with Crippen molar-refractivity contribution in [1.29, 1.82) is 0 Å². The van der Waals surface area contributed by atoms with Crippen molar-refractivity contribution in [1.82, 2.24) is 15.2 Å². The molecule has 1 atom stereocenters. The summed E-state index contributed by atoms with van der Waals surface area (Å²) in [6.07, 6.45) is 3.66. The highest BCUT2D eigenvalue weighted by Crippen LogP contribution is 2.25. The number of rotatable bonds is 4. The Hall–Kier alpha value is -3.29. The van der Waals surface area contributed by atoms with Crippen molar-refractivity contribution in [3.8, 4) is 0 Å². The normalized spacial score (nSPS) is 18.1. The van der Waals surface area contributed by atoms with Crippen LogP contribution in [0.2, 0.25) is 0 Å². The number of hydrogen-bond donors (Lipinski definition) is 1. The number of nitrogens with one attached hydrogen (secondary N) is 1. The number of ether oxygens (including phenoxy) is 2. The Kier molecular flexibility index (Phi) is 7.24. The molecule has 34 heavy (non-hydrogen) atoms. The molecule has 0 saturated carbocycles. The molecule has 2 aromatic rings. The van der Waals surface area contributed by atoms with Crippen LogP contribution in [0.25, 0.3) is 0 Å². The lowest BCUT2D eigenvalue weighted by Gasteiger charge is -2.37. The van der Waals surface area contributed by atoms with Crippen molar-refractivity contribution in [3.05, 3.63) is 59.4 Å². The zero-order chi connectivity index (χ0) is 24.1. The van der Waals surface area contributed by atoms with Gasteiger partial charge in [0.15, 0.2) is 0 Å². The number of amides is 2. The number of pyridine rings is 1. The van der Waals surface area contributed by atoms with Crippen LogP contribution in [0.4, 0.5) is 15.3 Å². The maximum atomic E-state index is 12.3. The molecular formula is C26H34N4O4. The van der Waals surface area contributed by atoms with E-state index < -0.39 is 11.7 Å². The van der Waals surface area contributed by atoms with Crippen molar-refractivity contribution < 1.29 is 19.1 Å². The van der Waals surface area contributed by atoms with E-state index in [9.17, 15) is 9.59 Å². The van der Waals surface area contributed by atoms with Crippen LogP contribution in [0.15, 0.2) is 42.6 Å². The average molecular weight is 467 g/mol. The number of anilines is 1. The number of carbonyl (C=O) groups excluding carboxylic acids is 2. The summed E-state index contributed by atoms with van der Waals surface area (Å²) in [5, 5.41) is 2.98. The van der Waals surface area contributed by atoms with Gasteiger partial charge in [-0.3, -0.25) is 4.98 Å². The van der Waals surface area contributed by atoms with Crippen molar-refractivity contribution in [2.45, 2.75) is 58.3 Å². The molecule has 1 N–H and O–H groups in total. The van der Waals surface area contributed by atoms with E-state index >= 15 is 0 Å². The second-order valence-corrected chi connectivity index (χ2v) is 9.90. The van der Waals surface area contributed by atoms with Gasteiger partial charge in [0.25, 0.3) is 0 Å². The number of piperazine rings is 1. The molecule has 1 aliphatic heterocycles. The summed E-state index contributed by atoms with van der Waals surface area (Å²) >= 11 is 0. The van der Waals surface area contributed by atoms with Crippen LogP contribution in [-0.2, 0) is 28.9 Å². The summed E-state index contributed by atoms with van der Waals surface area (Å²) in [5.41, 5.74) is 3.81. The third-order valence-electron chi connectivity index (χ3n) is 6.08. The molecule has 1 aromatic heterocycles. The molecular weight excluding hydrogens is 432 g/mol. The maximum absolute atomic E-state index is 12.3. The maximum Gasteiger partial charge on any atom is 0.410 e. The van der Waals surface area contributed by atoms with E-state index in [1.165, 1.54) is 5.56 Å². The first-order valence-electron chi connectivity index (χ1n) is 11.9. The fourth-order valence-electron chi connectivity index (χ4n) is 4.29. The van der Waals surface area contributed by atoms with Crippen LogP contribution in [0.1, 0.15) is 44.0 Å². The molecule has 182 valence electrons. The van der Waals surface area contributed by atoms with E-state index in [2.05, 4.69) is 16.3 Å². The average Bonchev–Trinajstić information content (AvgIpc) is 2.82. The van der Waals surface area contributed by atoms with Gasteiger partial charge in [-0.25, -0.2) is 9.59 Å². The van der Waals surface area contributed by atoms with Crippen LogP contribution in [-0.4, -0.2) is 59.9 Å². The summed E-state index contributed by atoms with van der Waals surface area (Å²) in [5.74, 6) is 0. The molecule has 2 aliphatic rings. The highest BCUT2D eigenvalue weighted by molar-refractivity contribution is 5.69. The van der Waals surface area contributed by atoms with E-state index in [1.54, 1.807) is 4.90 Å². The Balaban J connectivity index is 1.26. The first kappa shape index (κ1) is 23.9. The van der Waals surface area contributed by atoms with E-state index in [0.717, 1.165) is 42.9 Å². The van der Waals surface area contributed by atoms with Gasteiger partial charge in [0.1, 0.15) is 12.2 Å². The molecule has 4 rings (SSSR count). The highest BCUT2D eigenvalue weighted by Gasteiger charge is 2.27. The van der Waals surface area contributed by atoms with Gasteiger partial charge in [-0.2, -0.15) is 0 Å². The minimum absolute atomic E-state index is 0.0199. The fraction of sp³-hybridized carbons (Fsp3) is 0.500. The molecule has 0 bridgehead atoms.